The first-order chi connectivity index (χ1) is 22.3. The number of hydrogen-bond acceptors (Lipinski definition) is 7. The summed E-state index contributed by atoms with van der Waals surface area (Å²) < 4.78 is 5.59. The molecule has 0 radical (unpaired) electrons. The Morgan fingerprint density at radius 3 is 2.65 bits per heavy atom. The molecule has 2 aliphatic rings. The number of aliphatic hydroxyl groups excluding tert-OH is 1. The number of benzene rings is 2. The summed E-state index contributed by atoms with van der Waals surface area (Å²) in [5.41, 5.74) is 8.18. The van der Waals surface area contributed by atoms with Crippen molar-refractivity contribution in [2.45, 2.75) is 63.8 Å². The Morgan fingerprint density at radius 2 is 1.87 bits per heavy atom. The highest BCUT2D eigenvalue weighted by Gasteiger charge is 2.25. The first-order valence-electron chi connectivity index (χ1n) is 15.8. The van der Waals surface area contributed by atoms with Gasteiger partial charge in [-0.15, -0.1) is 0 Å². The first-order valence-corrected chi connectivity index (χ1v) is 16.6. The van der Waals surface area contributed by atoms with Crippen molar-refractivity contribution in [1.82, 2.24) is 25.9 Å². The Labute approximate surface area is 279 Å². The molecule has 2 aromatic carbocycles. The highest BCUT2D eigenvalue weighted by Crippen LogP contribution is 2.42. The molecule has 0 bridgehead atoms. The molecule has 1 fully saturated rings. The lowest BCUT2D eigenvalue weighted by atomic mass is 9.86. The molecule has 1 aliphatic heterocycles. The van der Waals surface area contributed by atoms with Crippen LogP contribution in [0.3, 0.4) is 0 Å². The van der Waals surface area contributed by atoms with Crippen LogP contribution in [-0.2, 0) is 17.8 Å². The molecule has 46 heavy (non-hydrogen) atoms. The number of pyridine rings is 2. The third kappa shape index (κ3) is 7.06. The minimum absolute atomic E-state index is 0.143. The first kappa shape index (κ1) is 32.4. The van der Waals surface area contributed by atoms with Gasteiger partial charge < -0.3 is 25.8 Å². The van der Waals surface area contributed by atoms with Crippen molar-refractivity contribution >= 4 is 29.1 Å². The normalized spacial score (nSPS) is 18.2. The van der Waals surface area contributed by atoms with Gasteiger partial charge in [0.25, 0.3) is 0 Å². The van der Waals surface area contributed by atoms with Crippen LogP contribution in [0.5, 0.6) is 5.88 Å². The van der Waals surface area contributed by atoms with E-state index in [9.17, 15) is 9.90 Å². The fraction of sp³-hybridized carbons (Fsp3) is 0.361. The van der Waals surface area contributed by atoms with Crippen molar-refractivity contribution in [3.63, 3.8) is 0 Å². The van der Waals surface area contributed by atoms with Crippen LogP contribution < -0.4 is 20.7 Å². The number of carbonyl (C=O) groups excluding carboxylic acids is 1. The highest BCUT2D eigenvalue weighted by molar-refractivity contribution is 6.39. The molecule has 2 aromatic heterocycles. The van der Waals surface area contributed by atoms with E-state index >= 15 is 0 Å². The molecule has 4 aromatic rings. The van der Waals surface area contributed by atoms with Gasteiger partial charge in [-0.25, -0.2) is 4.98 Å². The third-order valence-corrected chi connectivity index (χ3v) is 9.56. The number of methoxy groups -OCH3 is 1. The average molecular weight is 661 g/mol. The fourth-order valence-corrected chi connectivity index (χ4v) is 7.07. The van der Waals surface area contributed by atoms with Crippen LogP contribution in [-0.4, -0.2) is 53.3 Å². The van der Waals surface area contributed by atoms with Crippen LogP contribution >= 0.6 is 23.2 Å². The highest BCUT2D eigenvalue weighted by atomic mass is 35.5. The number of amides is 1. The van der Waals surface area contributed by atoms with Crippen LogP contribution in [0.1, 0.15) is 55.3 Å². The predicted octanol–water partition coefficient (Wildman–Crippen LogP) is 6.51. The molecule has 0 spiro atoms. The van der Waals surface area contributed by atoms with Crippen LogP contribution in [0.2, 0.25) is 10.0 Å². The maximum Gasteiger partial charge on any atom is 0.220 e. The number of carbonyl (C=O) groups is 1. The maximum atomic E-state index is 11.6. The Bertz CT molecular complexity index is 1730. The smallest absolute Gasteiger partial charge is 0.220 e. The van der Waals surface area contributed by atoms with Crippen molar-refractivity contribution in [3.8, 4) is 39.5 Å². The van der Waals surface area contributed by atoms with E-state index in [0.717, 1.165) is 60.0 Å². The number of halogens is 2. The molecule has 2 unspecified atom stereocenters. The minimum Gasteiger partial charge on any atom is -0.481 e. The number of nitrogens with zero attached hydrogens (tertiary/aromatic N) is 2. The summed E-state index contributed by atoms with van der Waals surface area (Å²) in [7, 11) is 1.59. The Balaban J connectivity index is 1.26. The zero-order chi connectivity index (χ0) is 32.2. The summed E-state index contributed by atoms with van der Waals surface area (Å²) in [5.74, 6) is 0.640. The average Bonchev–Trinajstić information content (AvgIpc) is 3.48. The van der Waals surface area contributed by atoms with Gasteiger partial charge in [-0.05, 0) is 61.9 Å². The predicted molar refractivity (Wildman–Crippen MR) is 183 cm³/mol. The summed E-state index contributed by atoms with van der Waals surface area (Å²) in [6.45, 7) is 3.50. The molecule has 3 heterocycles. The molecule has 1 saturated heterocycles. The second kappa shape index (κ2) is 14.5. The molecule has 8 nitrogen and oxygen atoms in total. The van der Waals surface area contributed by atoms with E-state index in [0.29, 0.717) is 46.8 Å². The quantitative estimate of drug-likeness (QED) is 0.145. The van der Waals surface area contributed by atoms with Gasteiger partial charge in [0.05, 0.1) is 34.6 Å². The van der Waals surface area contributed by atoms with E-state index in [1.54, 1.807) is 20.2 Å². The number of aryl methyl sites for hydroxylation is 1. The fourth-order valence-electron chi connectivity index (χ4n) is 6.43. The zero-order valence-corrected chi connectivity index (χ0v) is 27.6. The standard InChI is InChI=1S/C36H39Cl2N5O3/c1-21(44)18-39-19-24-10-13-31(43-36(24)46-2)29-7-4-6-27(33(29)37)28-15-16-40-35(34(28)38)23-9-12-26-22(17-23)5-3-8-30(26)41-20-25-11-14-32(45)42-25/h4,6-7,9-10,12-13,15-17,21,25,30,39,41,44H,3,5,8,11,14,18-20H2,1-2H3,(H,42,45)/t21?,25?,30-/m0/s1. The van der Waals surface area contributed by atoms with Gasteiger partial charge in [-0.2, -0.15) is 0 Å². The van der Waals surface area contributed by atoms with E-state index < -0.39 is 6.10 Å². The van der Waals surface area contributed by atoms with Gasteiger partial charge in [0.15, 0.2) is 0 Å². The topological polar surface area (TPSA) is 108 Å². The van der Waals surface area contributed by atoms with Crippen molar-refractivity contribution in [2.75, 3.05) is 20.2 Å². The van der Waals surface area contributed by atoms with E-state index in [1.165, 1.54) is 11.1 Å². The van der Waals surface area contributed by atoms with Crippen LogP contribution in [0.25, 0.3) is 33.6 Å². The molecule has 0 saturated carbocycles. The Hall–Kier alpha value is -3.53. The number of fused-ring (bicyclic) bond motifs is 1. The van der Waals surface area contributed by atoms with Crippen LogP contribution in [0, 0.1) is 0 Å². The van der Waals surface area contributed by atoms with Crippen LogP contribution in [0.4, 0.5) is 0 Å². The maximum absolute atomic E-state index is 11.6. The molecule has 6 rings (SSSR count). The number of rotatable bonds is 11. The molecule has 10 heteroatoms. The summed E-state index contributed by atoms with van der Waals surface area (Å²) in [6.07, 6.45) is 5.99. The lowest BCUT2D eigenvalue weighted by molar-refractivity contribution is -0.119. The van der Waals surface area contributed by atoms with Gasteiger partial charge in [0, 0.05) is 72.2 Å². The Kier molecular flexibility index (Phi) is 10.2. The SMILES string of the molecule is COc1nc(-c2cccc(-c3ccnc(-c4ccc5c(c4)CCC[C@@H]5NCC4CCC(=O)N4)c3Cl)c2Cl)ccc1CNCC(C)O. The molecule has 1 aliphatic carbocycles. The monoisotopic (exact) mass is 659 g/mol. The number of nitrogens with one attached hydrogen (secondary N) is 3. The van der Waals surface area contributed by atoms with Gasteiger partial charge in [0.1, 0.15) is 0 Å². The zero-order valence-electron chi connectivity index (χ0n) is 26.1. The van der Waals surface area contributed by atoms with Crippen molar-refractivity contribution in [1.29, 1.82) is 0 Å². The van der Waals surface area contributed by atoms with Gasteiger partial charge in [-0.3, -0.25) is 9.78 Å². The summed E-state index contributed by atoms with van der Waals surface area (Å²) in [5, 5.41) is 20.6. The largest absolute Gasteiger partial charge is 0.481 e. The molecule has 240 valence electrons. The molecule has 1 amide bonds. The number of hydrogen-bond donors (Lipinski definition) is 4. The second-order valence-corrected chi connectivity index (χ2v) is 12.9. The molecular formula is C36H39Cl2N5O3. The van der Waals surface area contributed by atoms with E-state index in [1.807, 2.05) is 36.4 Å². The lowest BCUT2D eigenvalue weighted by Crippen LogP contribution is -2.38. The summed E-state index contributed by atoms with van der Waals surface area (Å²) >= 11 is 14.2. The van der Waals surface area contributed by atoms with E-state index in [2.05, 4.69) is 34.1 Å². The van der Waals surface area contributed by atoms with Crippen molar-refractivity contribution in [2.24, 2.45) is 0 Å². The van der Waals surface area contributed by atoms with Crippen LogP contribution in [0.15, 0.2) is 60.8 Å². The van der Waals surface area contributed by atoms with Gasteiger partial charge in [-0.1, -0.05) is 59.6 Å². The number of aliphatic hydroxyl groups is 1. The summed E-state index contributed by atoms with van der Waals surface area (Å²) in [6, 6.07) is 18.6. The molecular weight excluding hydrogens is 621 g/mol. The van der Waals surface area contributed by atoms with Crippen molar-refractivity contribution in [3.05, 3.63) is 87.5 Å². The molecule has 3 atom stereocenters. The number of ether oxygens (including phenoxy) is 1. The van der Waals surface area contributed by atoms with Gasteiger partial charge in [0.2, 0.25) is 11.8 Å². The minimum atomic E-state index is -0.443. The van der Waals surface area contributed by atoms with E-state index in [4.69, 9.17) is 37.9 Å². The van der Waals surface area contributed by atoms with E-state index in [-0.39, 0.29) is 18.0 Å². The second-order valence-electron chi connectivity index (χ2n) is 12.1. The molecule has 4 N–H and O–H groups in total. The summed E-state index contributed by atoms with van der Waals surface area (Å²) in [4.78, 5) is 21.1. The van der Waals surface area contributed by atoms with Crippen molar-refractivity contribution < 1.29 is 14.6 Å². The van der Waals surface area contributed by atoms with Gasteiger partial charge >= 0.3 is 0 Å². The number of aromatic nitrogens is 2. The third-order valence-electron chi connectivity index (χ3n) is 8.77. The Morgan fingerprint density at radius 1 is 1.04 bits per heavy atom. The lowest BCUT2D eigenvalue weighted by Gasteiger charge is -2.28.